The Morgan fingerprint density at radius 3 is 2.90 bits per heavy atom. The van der Waals surface area contributed by atoms with Gasteiger partial charge in [0.05, 0.1) is 12.3 Å². The molecule has 1 N–H and O–H groups in total. The maximum absolute atomic E-state index is 13.8. The van der Waals surface area contributed by atoms with Crippen molar-refractivity contribution in [3.05, 3.63) is 58.4 Å². The van der Waals surface area contributed by atoms with Crippen LogP contribution in [0.4, 0.5) is 10.1 Å². The molecule has 0 saturated heterocycles. The Kier molecular flexibility index (Phi) is 3.53. The van der Waals surface area contributed by atoms with E-state index in [-0.39, 0.29) is 11.9 Å². The van der Waals surface area contributed by atoms with E-state index in [1.54, 1.807) is 12.1 Å². The molecular weight excluding hydrogens is 277 g/mol. The van der Waals surface area contributed by atoms with Gasteiger partial charge in [0, 0.05) is 17.5 Å². The number of nitrogens with one attached hydrogen (secondary N) is 1. The Labute approximate surface area is 122 Å². The molecule has 0 amide bonds. The van der Waals surface area contributed by atoms with Crippen LogP contribution >= 0.6 is 11.6 Å². The summed E-state index contributed by atoms with van der Waals surface area (Å²) in [6.07, 6.45) is 0.936. The molecule has 4 heteroatoms. The Morgan fingerprint density at radius 1 is 1.25 bits per heavy atom. The van der Waals surface area contributed by atoms with Gasteiger partial charge in [0.15, 0.2) is 0 Å². The molecular formula is C16H15ClFNO. The van der Waals surface area contributed by atoms with Crippen LogP contribution in [-0.2, 0) is 6.42 Å². The fourth-order valence-electron chi connectivity index (χ4n) is 2.40. The highest BCUT2D eigenvalue weighted by atomic mass is 35.5. The van der Waals surface area contributed by atoms with Crippen molar-refractivity contribution in [1.82, 2.24) is 0 Å². The van der Waals surface area contributed by atoms with E-state index in [2.05, 4.69) is 11.4 Å². The summed E-state index contributed by atoms with van der Waals surface area (Å²) in [6.45, 7) is 2.75. The van der Waals surface area contributed by atoms with E-state index in [0.29, 0.717) is 10.7 Å². The summed E-state index contributed by atoms with van der Waals surface area (Å²) in [5, 5.41) is 3.57. The second-order valence-electron chi connectivity index (χ2n) is 4.96. The van der Waals surface area contributed by atoms with Crippen LogP contribution in [0.2, 0.25) is 5.02 Å². The minimum Gasteiger partial charge on any atom is -0.493 e. The fourth-order valence-corrected chi connectivity index (χ4v) is 2.56. The predicted octanol–water partition coefficient (Wildman–Crippen LogP) is 4.59. The monoisotopic (exact) mass is 291 g/mol. The molecule has 3 rings (SSSR count). The first-order valence-electron chi connectivity index (χ1n) is 6.61. The van der Waals surface area contributed by atoms with Gasteiger partial charge in [-0.15, -0.1) is 0 Å². The minimum absolute atomic E-state index is 0.0107. The lowest BCUT2D eigenvalue weighted by Gasteiger charge is -2.17. The zero-order valence-corrected chi connectivity index (χ0v) is 11.9. The van der Waals surface area contributed by atoms with Gasteiger partial charge in [-0.25, -0.2) is 4.39 Å². The first kappa shape index (κ1) is 13.3. The second kappa shape index (κ2) is 5.33. The Morgan fingerprint density at radius 2 is 2.10 bits per heavy atom. The number of anilines is 1. The quantitative estimate of drug-likeness (QED) is 0.893. The normalized spacial score (nSPS) is 14.6. The van der Waals surface area contributed by atoms with E-state index >= 15 is 0 Å². The number of benzene rings is 2. The molecule has 1 heterocycles. The number of ether oxygens (including phenoxy) is 1. The molecule has 104 valence electrons. The topological polar surface area (TPSA) is 21.3 Å². The molecule has 2 aromatic carbocycles. The van der Waals surface area contributed by atoms with E-state index in [1.165, 1.54) is 11.6 Å². The lowest BCUT2D eigenvalue weighted by molar-refractivity contribution is 0.357. The van der Waals surface area contributed by atoms with Gasteiger partial charge in [-0.1, -0.05) is 17.7 Å². The van der Waals surface area contributed by atoms with Crippen molar-refractivity contribution >= 4 is 17.3 Å². The van der Waals surface area contributed by atoms with Gasteiger partial charge in [-0.05, 0) is 48.4 Å². The number of hydrogen-bond acceptors (Lipinski definition) is 2. The second-order valence-corrected chi connectivity index (χ2v) is 5.39. The van der Waals surface area contributed by atoms with Crippen molar-refractivity contribution in [2.75, 3.05) is 11.9 Å². The summed E-state index contributed by atoms with van der Waals surface area (Å²) in [5.41, 5.74) is 2.79. The minimum atomic E-state index is -0.339. The van der Waals surface area contributed by atoms with Gasteiger partial charge in [-0.2, -0.15) is 0 Å². The zero-order chi connectivity index (χ0) is 14.1. The Hall–Kier alpha value is -1.74. The van der Waals surface area contributed by atoms with Crippen LogP contribution in [0.15, 0.2) is 36.4 Å². The molecule has 0 bridgehead atoms. The molecule has 2 nitrogen and oxygen atoms in total. The van der Waals surface area contributed by atoms with Crippen molar-refractivity contribution < 1.29 is 9.13 Å². The number of halogens is 2. The van der Waals surface area contributed by atoms with Crippen LogP contribution in [0.3, 0.4) is 0 Å². The standard InChI is InChI=1S/C16H15ClFNO/c1-10(19-15-4-3-13(17)9-14(15)18)11-2-5-16-12(8-11)6-7-20-16/h2-5,8-10,19H,6-7H2,1H3. The largest absolute Gasteiger partial charge is 0.493 e. The summed E-state index contributed by atoms with van der Waals surface area (Å²) < 4.78 is 19.3. The summed E-state index contributed by atoms with van der Waals surface area (Å²) in [4.78, 5) is 0. The van der Waals surface area contributed by atoms with E-state index in [4.69, 9.17) is 16.3 Å². The molecule has 1 atom stereocenters. The number of fused-ring (bicyclic) bond motifs is 1. The molecule has 0 aromatic heterocycles. The maximum atomic E-state index is 13.8. The van der Waals surface area contributed by atoms with Gasteiger partial charge in [0.25, 0.3) is 0 Å². The maximum Gasteiger partial charge on any atom is 0.147 e. The average Bonchev–Trinajstić information content (AvgIpc) is 2.89. The smallest absolute Gasteiger partial charge is 0.147 e. The van der Waals surface area contributed by atoms with Crippen LogP contribution in [0.1, 0.15) is 24.1 Å². The molecule has 0 spiro atoms. The molecule has 0 aliphatic carbocycles. The third-order valence-electron chi connectivity index (χ3n) is 3.52. The highest BCUT2D eigenvalue weighted by Gasteiger charge is 2.15. The van der Waals surface area contributed by atoms with Crippen LogP contribution < -0.4 is 10.1 Å². The third kappa shape index (κ3) is 2.59. The zero-order valence-electron chi connectivity index (χ0n) is 11.1. The van der Waals surface area contributed by atoms with Crippen LogP contribution in [0.5, 0.6) is 5.75 Å². The van der Waals surface area contributed by atoms with Crippen molar-refractivity contribution in [1.29, 1.82) is 0 Å². The average molecular weight is 292 g/mol. The Bertz CT molecular complexity index is 644. The molecule has 0 saturated carbocycles. The van der Waals surface area contributed by atoms with Crippen LogP contribution in [0.25, 0.3) is 0 Å². The Balaban J connectivity index is 1.80. The fraction of sp³-hybridized carbons (Fsp3) is 0.250. The highest BCUT2D eigenvalue weighted by Crippen LogP contribution is 2.30. The number of hydrogen-bond donors (Lipinski definition) is 1. The molecule has 20 heavy (non-hydrogen) atoms. The molecule has 1 aliphatic heterocycles. The molecule has 0 radical (unpaired) electrons. The number of rotatable bonds is 3. The van der Waals surface area contributed by atoms with E-state index in [9.17, 15) is 4.39 Å². The van der Waals surface area contributed by atoms with Gasteiger partial charge in [0.1, 0.15) is 11.6 Å². The van der Waals surface area contributed by atoms with Crippen LogP contribution in [0, 0.1) is 5.82 Å². The summed E-state index contributed by atoms with van der Waals surface area (Å²) in [6, 6.07) is 10.8. The van der Waals surface area contributed by atoms with Crippen molar-refractivity contribution in [2.45, 2.75) is 19.4 Å². The summed E-state index contributed by atoms with van der Waals surface area (Å²) in [7, 11) is 0. The van der Waals surface area contributed by atoms with E-state index in [0.717, 1.165) is 24.3 Å². The van der Waals surface area contributed by atoms with Crippen molar-refractivity contribution in [3.63, 3.8) is 0 Å². The van der Waals surface area contributed by atoms with Gasteiger partial charge in [-0.3, -0.25) is 0 Å². The van der Waals surface area contributed by atoms with Crippen molar-refractivity contribution in [2.24, 2.45) is 0 Å². The van der Waals surface area contributed by atoms with E-state index in [1.807, 2.05) is 19.1 Å². The van der Waals surface area contributed by atoms with Crippen molar-refractivity contribution in [3.8, 4) is 5.75 Å². The van der Waals surface area contributed by atoms with Crippen LogP contribution in [-0.4, -0.2) is 6.61 Å². The third-order valence-corrected chi connectivity index (χ3v) is 3.75. The lowest BCUT2D eigenvalue weighted by atomic mass is 10.0. The first-order chi connectivity index (χ1) is 9.63. The first-order valence-corrected chi connectivity index (χ1v) is 6.98. The molecule has 1 unspecified atom stereocenters. The predicted molar refractivity (Wildman–Crippen MR) is 79.1 cm³/mol. The van der Waals surface area contributed by atoms with E-state index < -0.39 is 0 Å². The molecule has 0 fully saturated rings. The van der Waals surface area contributed by atoms with Gasteiger partial charge >= 0.3 is 0 Å². The highest BCUT2D eigenvalue weighted by molar-refractivity contribution is 6.30. The SMILES string of the molecule is CC(Nc1ccc(Cl)cc1F)c1ccc2c(c1)CCO2. The lowest BCUT2D eigenvalue weighted by Crippen LogP contribution is -2.08. The van der Waals surface area contributed by atoms with Gasteiger partial charge < -0.3 is 10.1 Å². The summed E-state index contributed by atoms with van der Waals surface area (Å²) >= 11 is 5.75. The van der Waals surface area contributed by atoms with Gasteiger partial charge in [0.2, 0.25) is 0 Å². The molecule has 2 aromatic rings. The summed E-state index contributed by atoms with van der Waals surface area (Å²) in [5.74, 6) is 0.618. The molecule has 1 aliphatic rings.